The minimum atomic E-state index is 0.814. The fourth-order valence-electron chi connectivity index (χ4n) is 4.37. The molecule has 128 valence electrons. The first-order valence-electron chi connectivity index (χ1n) is 9.30. The van der Waals surface area contributed by atoms with E-state index in [2.05, 4.69) is 37.7 Å². The van der Waals surface area contributed by atoms with Gasteiger partial charge in [-0.2, -0.15) is 0 Å². The van der Waals surface area contributed by atoms with Gasteiger partial charge in [0.1, 0.15) is 12.1 Å². The zero-order valence-corrected chi connectivity index (χ0v) is 14.8. The van der Waals surface area contributed by atoms with E-state index < -0.39 is 0 Å². The normalized spacial score (nSPS) is 20.7. The number of hydrogen-bond acceptors (Lipinski definition) is 5. The quantitative estimate of drug-likeness (QED) is 0.849. The molecule has 0 aromatic carbocycles. The second kappa shape index (κ2) is 6.63. The minimum absolute atomic E-state index is 0.814. The molecule has 5 nitrogen and oxygen atoms in total. The van der Waals surface area contributed by atoms with Crippen LogP contribution >= 0.6 is 0 Å². The smallest absolute Gasteiger partial charge is 0.165 e. The number of fused-ring (bicyclic) bond motifs is 1. The molecule has 0 bridgehead atoms. The van der Waals surface area contributed by atoms with Gasteiger partial charge in [0, 0.05) is 37.9 Å². The van der Waals surface area contributed by atoms with E-state index in [1.54, 1.807) is 6.33 Å². The lowest BCUT2D eigenvalue weighted by molar-refractivity contribution is 0.148. The summed E-state index contributed by atoms with van der Waals surface area (Å²) in [5.74, 6) is 1.06. The number of anilines is 1. The molecule has 3 heterocycles. The summed E-state index contributed by atoms with van der Waals surface area (Å²) in [6.07, 6.45) is 8.68. The first kappa shape index (κ1) is 15.8. The molecular formula is C19H27N5. The van der Waals surface area contributed by atoms with E-state index in [-0.39, 0.29) is 0 Å². The lowest BCUT2D eigenvalue weighted by atomic mass is 9.94. The molecule has 0 N–H and O–H groups in total. The van der Waals surface area contributed by atoms with Gasteiger partial charge in [-0.15, -0.1) is 0 Å². The van der Waals surface area contributed by atoms with Crippen LogP contribution in [0.25, 0.3) is 11.0 Å². The Kier molecular flexibility index (Phi) is 4.35. The molecule has 2 aromatic rings. The van der Waals surface area contributed by atoms with E-state index in [0.717, 1.165) is 54.8 Å². The van der Waals surface area contributed by atoms with Crippen molar-refractivity contribution >= 4 is 16.9 Å². The van der Waals surface area contributed by atoms with Crippen LogP contribution in [0.2, 0.25) is 0 Å². The van der Waals surface area contributed by atoms with Crippen LogP contribution in [-0.2, 0) is 0 Å². The van der Waals surface area contributed by atoms with Gasteiger partial charge >= 0.3 is 0 Å². The third kappa shape index (κ3) is 2.97. The van der Waals surface area contributed by atoms with Gasteiger partial charge in [0.05, 0.1) is 5.39 Å². The summed E-state index contributed by atoms with van der Waals surface area (Å²) in [4.78, 5) is 18.7. The Hall–Kier alpha value is -1.75. The Labute approximate surface area is 144 Å². The zero-order valence-electron chi connectivity index (χ0n) is 14.8. The van der Waals surface area contributed by atoms with Gasteiger partial charge in [0.15, 0.2) is 5.65 Å². The zero-order chi connectivity index (χ0) is 16.5. The van der Waals surface area contributed by atoms with Gasteiger partial charge in [-0.3, -0.25) is 4.90 Å². The Bertz CT molecular complexity index is 715. The highest BCUT2D eigenvalue weighted by molar-refractivity contribution is 5.90. The molecule has 0 radical (unpaired) electrons. The lowest BCUT2D eigenvalue weighted by Crippen LogP contribution is -2.51. The van der Waals surface area contributed by atoms with E-state index in [1.165, 1.54) is 37.7 Å². The van der Waals surface area contributed by atoms with Gasteiger partial charge in [-0.25, -0.2) is 15.0 Å². The van der Waals surface area contributed by atoms with E-state index >= 15 is 0 Å². The van der Waals surface area contributed by atoms with Crippen molar-refractivity contribution in [2.75, 3.05) is 31.1 Å². The van der Waals surface area contributed by atoms with Crippen LogP contribution in [0.15, 0.2) is 12.4 Å². The molecule has 1 aliphatic carbocycles. The number of hydrogen-bond donors (Lipinski definition) is 0. The highest BCUT2D eigenvalue weighted by Gasteiger charge is 2.26. The van der Waals surface area contributed by atoms with Gasteiger partial charge in [0.2, 0.25) is 0 Å². The molecule has 0 amide bonds. The van der Waals surface area contributed by atoms with Crippen molar-refractivity contribution in [1.82, 2.24) is 19.9 Å². The largest absolute Gasteiger partial charge is 0.353 e. The molecule has 24 heavy (non-hydrogen) atoms. The van der Waals surface area contributed by atoms with Crippen LogP contribution in [0.1, 0.15) is 43.4 Å². The predicted molar refractivity (Wildman–Crippen MR) is 97.5 cm³/mol. The average Bonchev–Trinajstić information content (AvgIpc) is 2.62. The molecule has 2 aliphatic rings. The van der Waals surface area contributed by atoms with Crippen LogP contribution < -0.4 is 4.90 Å². The van der Waals surface area contributed by atoms with Crippen molar-refractivity contribution in [3.63, 3.8) is 0 Å². The molecule has 2 fully saturated rings. The van der Waals surface area contributed by atoms with E-state index in [9.17, 15) is 0 Å². The Balaban J connectivity index is 1.54. The molecule has 0 atom stereocenters. The molecule has 0 spiro atoms. The fourth-order valence-corrected chi connectivity index (χ4v) is 4.37. The maximum absolute atomic E-state index is 4.61. The Morgan fingerprint density at radius 2 is 1.71 bits per heavy atom. The number of aromatic nitrogens is 3. The van der Waals surface area contributed by atoms with Crippen molar-refractivity contribution in [1.29, 1.82) is 0 Å². The monoisotopic (exact) mass is 325 g/mol. The van der Waals surface area contributed by atoms with E-state index in [1.807, 2.05) is 6.92 Å². The van der Waals surface area contributed by atoms with Crippen LogP contribution in [0, 0.1) is 13.8 Å². The summed E-state index contributed by atoms with van der Waals surface area (Å²) in [6, 6.07) is 2.95. The van der Waals surface area contributed by atoms with Crippen molar-refractivity contribution in [3.8, 4) is 0 Å². The van der Waals surface area contributed by atoms with Crippen molar-refractivity contribution in [3.05, 3.63) is 23.7 Å². The predicted octanol–water partition coefficient (Wildman–Crippen LogP) is 3.10. The molecular weight excluding hydrogens is 298 g/mol. The molecule has 1 saturated heterocycles. The van der Waals surface area contributed by atoms with E-state index in [0.29, 0.717) is 0 Å². The maximum Gasteiger partial charge on any atom is 0.165 e. The number of aryl methyl sites for hydroxylation is 2. The molecule has 1 saturated carbocycles. The molecule has 0 unspecified atom stereocenters. The topological polar surface area (TPSA) is 45.2 Å². The second-order valence-electron chi connectivity index (χ2n) is 7.29. The molecule has 5 heteroatoms. The van der Waals surface area contributed by atoms with Gasteiger partial charge in [-0.05, 0) is 38.3 Å². The van der Waals surface area contributed by atoms with Crippen LogP contribution in [0.4, 0.5) is 5.82 Å². The third-order valence-electron chi connectivity index (χ3n) is 5.61. The first-order valence-corrected chi connectivity index (χ1v) is 9.30. The van der Waals surface area contributed by atoms with Gasteiger partial charge < -0.3 is 4.90 Å². The minimum Gasteiger partial charge on any atom is -0.353 e. The number of pyridine rings is 1. The summed E-state index contributed by atoms with van der Waals surface area (Å²) in [5, 5.41) is 1.12. The van der Waals surface area contributed by atoms with Gasteiger partial charge in [0.25, 0.3) is 0 Å². The van der Waals surface area contributed by atoms with Crippen LogP contribution in [-0.4, -0.2) is 52.1 Å². The van der Waals surface area contributed by atoms with Crippen LogP contribution in [0.3, 0.4) is 0 Å². The lowest BCUT2D eigenvalue weighted by Gasteiger charge is -2.41. The number of nitrogens with zero attached hydrogens (tertiary/aromatic N) is 5. The van der Waals surface area contributed by atoms with E-state index in [4.69, 9.17) is 0 Å². The number of rotatable bonds is 2. The highest BCUT2D eigenvalue weighted by atomic mass is 15.3. The average molecular weight is 325 g/mol. The standard InChI is InChI=1S/C19H27N5/c1-14-12-15(2)22-18-17(14)19(21-13-20-18)24-10-8-23(9-11-24)16-6-4-3-5-7-16/h12-13,16H,3-11H2,1-2H3. The molecule has 2 aromatic heterocycles. The third-order valence-corrected chi connectivity index (χ3v) is 5.61. The summed E-state index contributed by atoms with van der Waals surface area (Å²) in [6.45, 7) is 8.56. The summed E-state index contributed by atoms with van der Waals surface area (Å²) < 4.78 is 0. The summed E-state index contributed by atoms with van der Waals surface area (Å²) in [7, 11) is 0. The SMILES string of the molecule is Cc1cc(C)c2c(N3CCN(C4CCCCC4)CC3)ncnc2n1. The van der Waals surface area contributed by atoms with Crippen molar-refractivity contribution in [2.24, 2.45) is 0 Å². The fraction of sp³-hybridized carbons (Fsp3) is 0.632. The second-order valence-corrected chi connectivity index (χ2v) is 7.29. The maximum atomic E-state index is 4.61. The van der Waals surface area contributed by atoms with Crippen LogP contribution in [0.5, 0.6) is 0 Å². The number of piperazine rings is 1. The summed E-state index contributed by atoms with van der Waals surface area (Å²) >= 11 is 0. The summed E-state index contributed by atoms with van der Waals surface area (Å²) in [5.41, 5.74) is 3.07. The highest BCUT2D eigenvalue weighted by Crippen LogP contribution is 2.28. The molecule has 4 rings (SSSR count). The Morgan fingerprint density at radius 1 is 0.958 bits per heavy atom. The Morgan fingerprint density at radius 3 is 2.46 bits per heavy atom. The molecule has 1 aliphatic heterocycles. The van der Waals surface area contributed by atoms with Crippen molar-refractivity contribution < 1.29 is 0 Å². The first-order chi connectivity index (χ1) is 11.7. The van der Waals surface area contributed by atoms with Crippen molar-refractivity contribution in [2.45, 2.75) is 52.0 Å². The van der Waals surface area contributed by atoms with Gasteiger partial charge in [-0.1, -0.05) is 19.3 Å².